The SMILES string of the molecule is CCCCNC(=O)COc1ccc(C(=O)OCC)cc1. The Bertz CT molecular complexity index is 428. The molecule has 0 atom stereocenters. The second kappa shape index (κ2) is 8.96. The van der Waals surface area contributed by atoms with Gasteiger partial charge in [-0.15, -0.1) is 0 Å². The van der Waals surface area contributed by atoms with Gasteiger partial charge in [-0.2, -0.15) is 0 Å². The maximum absolute atomic E-state index is 11.4. The van der Waals surface area contributed by atoms with Crippen LogP contribution in [0, 0.1) is 0 Å². The van der Waals surface area contributed by atoms with Gasteiger partial charge in [-0.1, -0.05) is 13.3 Å². The van der Waals surface area contributed by atoms with Crippen LogP contribution in [-0.2, 0) is 9.53 Å². The van der Waals surface area contributed by atoms with E-state index in [0.29, 0.717) is 24.5 Å². The lowest BCUT2D eigenvalue weighted by Gasteiger charge is -2.07. The lowest BCUT2D eigenvalue weighted by atomic mass is 10.2. The van der Waals surface area contributed by atoms with Gasteiger partial charge >= 0.3 is 5.97 Å². The minimum absolute atomic E-state index is 0.0253. The van der Waals surface area contributed by atoms with Crippen LogP contribution in [0.1, 0.15) is 37.0 Å². The highest BCUT2D eigenvalue weighted by molar-refractivity contribution is 5.89. The Morgan fingerprint density at radius 3 is 2.45 bits per heavy atom. The summed E-state index contributed by atoms with van der Waals surface area (Å²) in [4.78, 5) is 22.9. The third-order valence-electron chi connectivity index (χ3n) is 2.59. The standard InChI is InChI=1S/C15H21NO4/c1-3-5-10-16-14(17)11-20-13-8-6-12(7-9-13)15(18)19-4-2/h6-9H,3-5,10-11H2,1-2H3,(H,16,17). The van der Waals surface area contributed by atoms with Crippen LogP contribution in [0.3, 0.4) is 0 Å². The molecule has 1 aromatic carbocycles. The number of benzene rings is 1. The first-order chi connectivity index (χ1) is 9.67. The zero-order valence-electron chi connectivity index (χ0n) is 12.0. The van der Waals surface area contributed by atoms with Gasteiger partial charge in [0.1, 0.15) is 5.75 Å². The fraction of sp³-hybridized carbons (Fsp3) is 0.467. The number of amides is 1. The zero-order valence-corrected chi connectivity index (χ0v) is 12.0. The maximum Gasteiger partial charge on any atom is 0.338 e. The van der Waals surface area contributed by atoms with Crippen molar-refractivity contribution < 1.29 is 19.1 Å². The number of carbonyl (C=O) groups excluding carboxylic acids is 2. The Morgan fingerprint density at radius 2 is 1.85 bits per heavy atom. The molecule has 1 rings (SSSR count). The molecule has 0 saturated carbocycles. The largest absolute Gasteiger partial charge is 0.484 e. The molecule has 0 spiro atoms. The van der Waals surface area contributed by atoms with Gasteiger partial charge in [-0.25, -0.2) is 4.79 Å². The summed E-state index contributed by atoms with van der Waals surface area (Å²) in [6, 6.07) is 6.52. The van der Waals surface area contributed by atoms with E-state index < -0.39 is 0 Å². The van der Waals surface area contributed by atoms with Crippen LogP contribution < -0.4 is 10.1 Å². The summed E-state index contributed by atoms with van der Waals surface area (Å²) in [5, 5.41) is 2.76. The molecule has 0 aliphatic heterocycles. The van der Waals surface area contributed by atoms with Gasteiger partial charge in [0.05, 0.1) is 12.2 Å². The van der Waals surface area contributed by atoms with E-state index in [4.69, 9.17) is 9.47 Å². The van der Waals surface area contributed by atoms with Crippen molar-refractivity contribution in [3.05, 3.63) is 29.8 Å². The number of ether oxygens (including phenoxy) is 2. The average Bonchev–Trinajstić information content (AvgIpc) is 2.46. The molecule has 0 aliphatic rings. The summed E-state index contributed by atoms with van der Waals surface area (Å²) in [6.45, 7) is 4.80. The van der Waals surface area contributed by atoms with Crippen LogP contribution in [0.5, 0.6) is 5.75 Å². The van der Waals surface area contributed by atoms with Crippen molar-refractivity contribution in [3.8, 4) is 5.75 Å². The Hall–Kier alpha value is -2.04. The van der Waals surface area contributed by atoms with Crippen LogP contribution in [0.4, 0.5) is 0 Å². The molecule has 5 nitrogen and oxygen atoms in total. The molecular formula is C15H21NO4. The van der Waals surface area contributed by atoms with Gasteiger partial charge in [0.25, 0.3) is 5.91 Å². The van der Waals surface area contributed by atoms with Crippen molar-refractivity contribution in [3.63, 3.8) is 0 Å². The van der Waals surface area contributed by atoms with E-state index in [2.05, 4.69) is 12.2 Å². The van der Waals surface area contributed by atoms with E-state index in [1.807, 2.05) is 0 Å². The van der Waals surface area contributed by atoms with E-state index in [1.54, 1.807) is 31.2 Å². The number of nitrogens with one attached hydrogen (secondary N) is 1. The highest BCUT2D eigenvalue weighted by Gasteiger charge is 2.06. The third-order valence-corrected chi connectivity index (χ3v) is 2.59. The Labute approximate surface area is 119 Å². The zero-order chi connectivity index (χ0) is 14.8. The molecule has 0 unspecified atom stereocenters. The maximum atomic E-state index is 11.4. The van der Waals surface area contributed by atoms with Crippen molar-refractivity contribution in [2.45, 2.75) is 26.7 Å². The van der Waals surface area contributed by atoms with E-state index >= 15 is 0 Å². The van der Waals surface area contributed by atoms with Gasteiger partial charge in [0.2, 0.25) is 0 Å². The van der Waals surface area contributed by atoms with Crippen molar-refractivity contribution in [2.75, 3.05) is 19.8 Å². The predicted octanol–water partition coefficient (Wildman–Crippen LogP) is 2.16. The lowest BCUT2D eigenvalue weighted by molar-refractivity contribution is -0.123. The number of rotatable bonds is 8. The molecule has 0 fully saturated rings. The highest BCUT2D eigenvalue weighted by Crippen LogP contribution is 2.12. The van der Waals surface area contributed by atoms with Crippen molar-refractivity contribution in [1.82, 2.24) is 5.32 Å². The predicted molar refractivity (Wildman–Crippen MR) is 75.8 cm³/mol. The lowest BCUT2D eigenvalue weighted by Crippen LogP contribution is -2.29. The summed E-state index contributed by atoms with van der Waals surface area (Å²) >= 11 is 0. The molecule has 0 radical (unpaired) electrons. The van der Waals surface area contributed by atoms with Crippen molar-refractivity contribution in [1.29, 1.82) is 0 Å². The van der Waals surface area contributed by atoms with E-state index in [1.165, 1.54) is 0 Å². The molecule has 0 aliphatic carbocycles. The Morgan fingerprint density at radius 1 is 1.15 bits per heavy atom. The number of hydrogen-bond acceptors (Lipinski definition) is 4. The van der Waals surface area contributed by atoms with Gasteiger partial charge in [0, 0.05) is 6.54 Å². The smallest absolute Gasteiger partial charge is 0.338 e. The fourth-order valence-electron chi connectivity index (χ4n) is 1.51. The first-order valence-corrected chi connectivity index (χ1v) is 6.84. The highest BCUT2D eigenvalue weighted by atomic mass is 16.5. The van der Waals surface area contributed by atoms with Crippen LogP contribution in [-0.4, -0.2) is 31.6 Å². The molecule has 20 heavy (non-hydrogen) atoms. The molecule has 1 N–H and O–H groups in total. The molecule has 110 valence electrons. The topological polar surface area (TPSA) is 64.6 Å². The summed E-state index contributed by atoms with van der Waals surface area (Å²) < 4.78 is 10.2. The minimum Gasteiger partial charge on any atom is -0.484 e. The van der Waals surface area contributed by atoms with Gasteiger partial charge in [-0.05, 0) is 37.6 Å². The summed E-state index contributed by atoms with van der Waals surface area (Å²) in [6.07, 6.45) is 2.00. The molecule has 0 saturated heterocycles. The molecule has 0 heterocycles. The number of hydrogen-bond donors (Lipinski definition) is 1. The summed E-state index contributed by atoms with van der Waals surface area (Å²) in [5.74, 6) is 0.0352. The molecular weight excluding hydrogens is 258 g/mol. The van der Waals surface area contributed by atoms with Crippen LogP contribution in [0.15, 0.2) is 24.3 Å². The van der Waals surface area contributed by atoms with Crippen molar-refractivity contribution >= 4 is 11.9 Å². The molecule has 1 aromatic rings. The number of unbranched alkanes of at least 4 members (excludes halogenated alkanes) is 1. The fourth-order valence-corrected chi connectivity index (χ4v) is 1.51. The Balaban J connectivity index is 2.38. The van der Waals surface area contributed by atoms with Gasteiger partial charge in [0.15, 0.2) is 6.61 Å². The van der Waals surface area contributed by atoms with Crippen molar-refractivity contribution in [2.24, 2.45) is 0 Å². The summed E-state index contributed by atoms with van der Waals surface area (Å²) in [7, 11) is 0. The Kier molecular flexibility index (Phi) is 7.17. The quantitative estimate of drug-likeness (QED) is 0.585. The second-order valence-corrected chi connectivity index (χ2v) is 4.24. The number of carbonyl (C=O) groups is 2. The molecule has 5 heteroatoms. The first kappa shape index (κ1) is 16.0. The van der Waals surface area contributed by atoms with E-state index in [-0.39, 0.29) is 18.5 Å². The minimum atomic E-state index is -0.364. The summed E-state index contributed by atoms with van der Waals surface area (Å²) in [5.41, 5.74) is 0.464. The monoisotopic (exact) mass is 279 g/mol. The van der Waals surface area contributed by atoms with Crippen LogP contribution >= 0.6 is 0 Å². The van der Waals surface area contributed by atoms with Crippen LogP contribution in [0.25, 0.3) is 0 Å². The second-order valence-electron chi connectivity index (χ2n) is 4.24. The normalized spacial score (nSPS) is 9.90. The third kappa shape index (κ3) is 5.73. The molecule has 0 bridgehead atoms. The van der Waals surface area contributed by atoms with E-state index in [0.717, 1.165) is 12.8 Å². The van der Waals surface area contributed by atoms with Crippen LogP contribution in [0.2, 0.25) is 0 Å². The molecule has 1 amide bonds. The molecule has 0 aromatic heterocycles. The first-order valence-electron chi connectivity index (χ1n) is 6.84. The number of esters is 1. The average molecular weight is 279 g/mol. The van der Waals surface area contributed by atoms with Gasteiger partial charge < -0.3 is 14.8 Å². The van der Waals surface area contributed by atoms with Gasteiger partial charge in [-0.3, -0.25) is 4.79 Å². The van der Waals surface area contributed by atoms with E-state index in [9.17, 15) is 9.59 Å².